The number of aromatic nitrogens is 3. The summed E-state index contributed by atoms with van der Waals surface area (Å²) in [5.74, 6) is 0. The van der Waals surface area contributed by atoms with Crippen LogP contribution in [0.3, 0.4) is 0 Å². The van der Waals surface area contributed by atoms with E-state index in [9.17, 15) is 0 Å². The number of hydrogen-bond donors (Lipinski definition) is 2. The number of nitrogens with zero attached hydrogens (tertiary/aromatic N) is 3. The smallest absolute Gasteiger partial charge is 0.205 e. The Balaban J connectivity index is 1.88. The summed E-state index contributed by atoms with van der Waals surface area (Å²) >= 11 is 3.31. The van der Waals surface area contributed by atoms with Crippen molar-refractivity contribution in [2.75, 3.05) is 24.2 Å². The molecule has 0 aliphatic rings. The molecule has 0 saturated carbocycles. The molecule has 0 unspecified atom stereocenters. The zero-order chi connectivity index (χ0) is 12.1. The molecule has 0 atom stereocenters. The van der Waals surface area contributed by atoms with Crippen LogP contribution >= 0.6 is 22.7 Å². The largest absolute Gasteiger partial charge is 0.365 e. The van der Waals surface area contributed by atoms with Crippen LogP contribution in [0.2, 0.25) is 0 Å². The van der Waals surface area contributed by atoms with Gasteiger partial charge in [0.15, 0.2) is 5.13 Å². The van der Waals surface area contributed by atoms with Gasteiger partial charge in [-0.15, -0.1) is 21.5 Å². The average molecular weight is 269 g/mol. The average Bonchev–Trinajstić information content (AvgIpc) is 2.95. The first-order valence-electron chi connectivity index (χ1n) is 5.50. The fraction of sp³-hybridized carbons (Fsp3) is 0.500. The van der Waals surface area contributed by atoms with Gasteiger partial charge >= 0.3 is 0 Å². The summed E-state index contributed by atoms with van der Waals surface area (Å²) in [7, 11) is 1.88. The van der Waals surface area contributed by atoms with Crippen LogP contribution in [0.5, 0.6) is 0 Å². The molecule has 2 aromatic heterocycles. The van der Waals surface area contributed by atoms with Crippen molar-refractivity contribution in [1.82, 2.24) is 15.2 Å². The first-order valence-corrected chi connectivity index (χ1v) is 7.13. The lowest BCUT2D eigenvalue weighted by atomic mass is 10.3. The SMILES string of the molecule is CCNc1nnc(CCc2cnc(NC)s2)s1. The summed E-state index contributed by atoms with van der Waals surface area (Å²) in [5.41, 5.74) is 0. The Morgan fingerprint density at radius 1 is 1.18 bits per heavy atom. The predicted octanol–water partition coefficient (Wildman–Crippen LogP) is 2.25. The molecule has 0 radical (unpaired) electrons. The molecule has 0 bridgehead atoms. The van der Waals surface area contributed by atoms with E-state index < -0.39 is 0 Å². The van der Waals surface area contributed by atoms with Gasteiger partial charge in [0.2, 0.25) is 5.13 Å². The third kappa shape index (κ3) is 3.37. The number of thiazole rings is 1. The predicted molar refractivity (Wildman–Crippen MR) is 73.1 cm³/mol. The monoisotopic (exact) mass is 269 g/mol. The van der Waals surface area contributed by atoms with Crippen molar-refractivity contribution in [2.45, 2.75) is 19.8 Å². The number of nitrogens with one attached hydrogen (secondary N) is 2. The van der Waals surface area contributed by atoms with E-state index in [4.69, 9.17) is 0 Å². The van der Waals surface area contributed by atoms with Gasteiger partial charge in [0.25, 0.3) is 0 Å². The van der Waals surface area contributed by atoms with E-state index in [1.54, 1.807) is 22.7 Å². The summed E-state index contributed by atoms with van der Waals surface area (Å²) in [6, 6.07) is 0. The Labute approximate surface area is 108 Å². The van der Waals surface area contributed by atoms with Gasteiger partial charge in [-0.1, -0.05) is 11.3 Å². The second-order valence-electron chi connectivity index (χ2n) is 3.41. The molecule has 2 aromatic rings. The van der Waals surface area contributed by atoms with Gasteiger partial charge in [-0.25, -0.2) is 4.98 Å². The minimum Gasteiger partial charge on any atom is -0.365 e. The normalized spacial score (nSPS) is 10.5. The number of aryl methyl sites for hydroxylation is 2. The maximum Gasteiger partial charge on any atom is 0.205 e. The third-order valence-electron chi connectivity index (χ3n) is 2.15. The van der Waals surface area contributed by atoms with Crippen molar-refractivity contribution in [3.63, 3.8) is 0 Å². The molecule has 5 nitrogen and oxygen atoms in total. The second kappa shape index (κ2) is 5.92. The van der Waals surface area contributed by atoms with E-state index in [1.807, 2.05) is 13.2 Å². The van der Waals surface area contributed by atoms with Gasteiger partial charge in [-0.3, -0.25) is 0 Å². The lowest BCUT2D eigenvalue weighted by Crippen LogP contribution is -1.94. The molecule has 92 valence electrons. The fourth-order valence-corrected chi connectivity index (χ4v) is 2.92. The van der Waals surface area contributed by atoms with Gasteiger partial charge < -0.3 is 10.6 Å². The molecule has 0 amide bonds. The number of rotatable bonds is 6. The van der Waals surface area contributed by atoms with Crippen LogP contribution in [0.15, 0.2) is 6.20 Å². The van der Waals surface area contributed by atoms with E-state index in [2.05, 4.69) is 32.7 Å². The van der Waals surface area contributed by atoms with E-state index >= 15 is 0 Å². The summed E-state index contributed by atoms with van der Waals surface area (Å²) in [6.45, 7) is 2.94. The molecule has 0 aliphatic heterocycles. The maximum absolute atomic E-state index is 4.24. The Hall–Kier alpha value is -1.21. The molecule has 7 heteroatoms. The standard InChI is InChI=1S/C10H15N5S2/c1-3-12-10-15-14-8(17-10)5-4-7-6-13-9(11-2)16-7/h6H,3-5H2,1-2H3,(H,11,13)(H,12,15). The van der Waals surface area contributed by atoms with Gasteiger partial charge in [0.1, 0.15) is 5.01 Å². The van der Waals surface area contributed by atoms with Gasteiger partial charge in [-0.05, 0) is 13.3 Å². The highest BCUT2D eigenvalue weighted by atomic mass is 32.1. The molecular formula is C10H15N5S2. The highest BCUT2D eigenvalue weighted by Crippen LogP contribution is 2.21. The molecule has 2 heterocycles. The summed E-state index contributed by atoms with van der Waals surface area (Å²) < 4.78 is 0. The Kier molecular flexibility index (Phi) is 4.27. The zero-order valence-corrected chi connectivity index (χ0v) is 11.5. The van der Waals surface area contributed by atoms with Gasteiger partial charge in [-0.2, -0.15) is 0 Å². The summed E-state index contributed by atoms with van der Waals surface area (Å²) in [6.07, 6.45) is 3.82. The van der Waals surface area contributed by atoms with Crippen LogP contribution in [0.4, 0.5) is 10.3 Å². The number of hydrogen-bond acceptors (Lipinski definition) is 7. The number of anilines is 2. The minimum atomic E-state index is 0.884. The van der Waals surface area contributed by atoms with Crippen LogP contribution in [-0.2, 0) is 12.8 Å². The van der Waals surface area contributed by atoms with Crippen LogP contribution in [-0.4, -0.2) is 28.8 Å². The van der Waals surface area contributed by atoms with E-state index in [0.717, 1.165) is 34.7 Å². The topological polar surface area (TPSA) is 62.7 Å². The minimum absolute atomic E-state index is 0.884. The summed E-state index contributed by atoms with van der Waals surface area (Å²) in [4.78, 5) is 5.52. The molecule has 0 aromatic carbocycles. The molecule has 0 spiro atoms. The van der Waals surface area contributed by atoms with E-state index in [1.165, 1.54) is 4.88 Å². The maximum atomic E-state index is 4.24. The quantitative estimate of drug-likeness (QED) is 0.842. The fourth-order valence-electron chi connectivity index (χ4n) is 1.35. The Morgan fingerprint density at radius 3 is 2.76 bits per heavy atom. The molecule has 2 N–H and O–H groups in total. The zero-order valence-electron chi connectivity index (χ0n) is 9.86. The molecule has 17 heavy (non-hydrogen) atoms. The van der Waals surface area contributed by atoms with Crippen molar-refractivity contribution in [2.24, 2.45) is 0 Å². The van der Waals surface area contributed by atoms with Gasteiger partial charge in [0.05, 0.1) is 0 Å². The first-order chi connectivity index (χ1) is 8.31. The van der Waals surface area contributed by atoms with Crippen LogP contribution in [0, 0.1) is 0 Å². The second-order valence-corrected chi connectivity index (χ2v) is 5.59. The van der Waals surface area contributed by atoms with Crippen molar-refractivity contribution < 1.29 is 0 Å². The molecule has 2 rings (SSSR count). The van der Waals surface area contributed by atoms with Crippen molar-refractivity contribution >= 4 is 32.9 Å². The van der Waals surface area contributed by atoms with Crippen molar-refractivity contribution in [1.29, 1.82) is 0 Å². The molecular weight excluding hydrogens is 254 g/mol. The first kappa shape index (κ1) is 12.3. The molecule has 0 fully saturated rings. The van der Waals surface area contributed by atoms with Gasteiger partial charge in [0, 0.05) is 31.1 Å². The highest BCUT2D eigenvalue weighted by Gasteiger charge is 2.05. The lowest BCUT2D eigenvalue weighted by molar-refractivity contribution is 0.913. The van der Waals surface area contributed by atoms with Crippen LogP contribution in [0.25, 0.3) is 0 Å². The highest BCUT2D eigenvalue weighted by molar-refractivity contribution is 7.15. The molecule has 0 aliphatic carbocycles. The van der Waals surface area contributed by atoms with Crippen LogP contribution in [0.1, 0.15) is 16.8 Å². The Morgan fingerprint density at radius 2 is 2.06 bits per heavy atom. The van der Waals surface area contributed by atoms with Crippen LogP contribution < -0.4 is 10.6 Å². The van der Waals surface area contributed by atoms with E-state index in [-0.39, 0.29) is 0 Å². The molecule has 0 saturated heterocycles. The van der Waals surface area contributed by atoms with Crippen molar-refractivity contribution in [3.8, 4) is 0 Å². The summed E-state index contributed by atoms with van der Waals surface area (Å²) in [5, 5.41) is 17.4. The van der Waals surface area contributed by atoms with E-state index in [0.29, 0.717) is 0 Å². The van der Waals surface area contributed by atoms with Crippen molar-refractivity contribution in [3.05, 3.63) is 16.1 Å². The Bertz CT molecular complexity index is 465. The lowest BCUT2D eigenvalue weighted by Gasteiger charge is -1.93. The third-order valence-corrected chi connectivity index (χ3v) is 4.16.